The highest BCUT2D eigenvalue weighted by Gasteiger charge is 2.29. The second-order valence-electron chi connectivity index (χ2n) is 7.15. The molecule has 3 rings (SSSR count). The fraction of sp³-hybridized carbons (Fsp3) is 0.400. The summed E-state index contributed by atoms with van der Waals surface area (Å²) in [5, 5.41) is 2.59. The van der Waals surface area contributed by atoms with Gasteiger partial charge in [0, 0.05) is 44.6 Å². The van der Waals surface area contributed by atoms with E-state index in [-0.39, 0.29) is 16.5 Å². The molecule has 2 aromatic rings. The number of benzene rings is 1. The van der Waals surface area contributed by atoms with Crippen LogP contribution in [0.25, 0.3) is 0 Å². The monoisotopic (exact) mass is 442 g/mol. The molecule has 1 saturated heterocycles. The Hall–Kier alpha value is -2.36. The zero-order chi connectivity index (χ0) is 21.7. The van der Waals surface area contributed by atoms with E-state index in [1.807, 2.05) is 18.2 Å². The lowest BCUT2D eigenvalue weighted by molar-refractivity contribution is -0.154. The number of alkyl halides is 3. The number of aromatic nitrogens is 1. The zero-order valence-electron chi connectivity index (χ0n) is 16.4. The molecule has 6 nitrogen and oxygen atoms in total. The van der Waals surface area contributed by atoms with E-state index in [0.29, 0.717) is 5.69 Å². The average molecular weight is 443 g/mol. The van der Waals surface area contributed by atoms with Crippen molar-refractivity contribution in [2.45, 2.75) is 12.7 Å². The van der Waals surface area contributed by atoms with Crippen molar-refractivity contribution in [3.05, 3.63) is 52.7 Å². The molecular formula is C20H22ClF3N4O2. The molecule has 1 aromatic heterocycles. The Balaban J connectivity index is 1.61. The predicted molar refractivity (Wildman–Crippen MR) is 108 cm³/mol. The number of amides is 1. The minimum absolute atomic E-state index is 0.115. The predicted octanol–water partition coefficient (Wildman–Crippen LogP) is 3.68. The maximum absolute atomic E-state index is 12.5. The first kappa shape index (κ1) is 22.3. The van der Waals surface area contributed by atoms with Crippen LogP contribution in [0.4, 0.5) is 18.9 Å². The molecule has 1 amide bonds. The van der Waals surface area contributed by atoms with Gasteiger partial charge in [-0.05, 0) is 30.8 Å². The lowest BCUT2D eigenvalue weighted by Crippen LogP contribution is -2.43. The first-order valence-corrected chi connectivity index (χ1v) is 9.74. The number of hydrogen-bond donors (Lipinski definition) is 1. The van der Waals surface area contributed by atoms with Gasteiger partial charge in [-0.2, -0.15) is 13.2 Å². The summed E-state index contributed by atoms with van der Waals surface area (Å²) < 4.78 is 41.3. The second-order valence-corrected chi connectivity index (χ2v) is 7.56. The number of halogens is 4. The van der Waals surface area contributed by atoms with Gasteiger partial charge in [0.1, 0.15) is 5.02 Å². The van der Waals surface area contributed by atoms with Gasteiger partial charge in [-0.1, -0.05) is 23.7 Å². The minimum atomic E-state index is -4.50. The molecule has 1 aliphatic heterocycles. The van der Waals surface area contributed by atoms with Crippen molar-refractivity contribution in [1.29, 1.82) is 0 Å². The number of piperazine rings is 1. The van der Waals surface area contributed by atoms with Crippen molar-refractivity contribution in [3.63, 3.8) is 0 Å². The van der Waals surface area contributed by atoms with Gasteiger partial charge in [-0.25, -0.2) is 4.98 Å². The molecule has 0 aliphatic carbocycles. The van der Waals surface area contributed by atoms with Gasteiger partial charge in [-0.15, -0.1) is 0 Å². The molecule has 1 fully saturated rings. The Morgan fingerprint density at radius 3 is 2.63 bits per heavy atom. The number of ether oxygens (including phenoxy) is 1. The van der Waals surface area contributed by atoms with Crippen LogP contribution in [0.2, 0.25) is 5.02 Å². The molecule has 0 atom stereocenters. The molecule has 162 valence electrons. The Bertz CT molecular complexity index is 887. The summed E-state index contributed by atoms with van der Waals surface area (Å²) in [5.41, 5.74) is 1.80. The number of nitrogens with one attached hydrogen (secondary N) is 1. The summed E-state index contributed by atoms with van der Waals surface area (Å²) in [7, 11) is 2.10. The van der Waals surface area contributed by atoms with Crippen molar-refractivity contribution in [2.24, 2.45) is 0 Å². The van der Waals surface area contributed by atoms with E-state index in [0.717, 1.165) is 44.5 Å². The lowest BCUT2D eigenvalue weighted by atomic mass is 10.1. The first-order valence-electron chi connectivity index (χ1n) is 9.36. The quantitative estimate of drug-likeness (QED) is 0.739. The highest BCUT2D eigenvalue weighted by molar-refractivity contribution is 6.32. The number of nitrogens with zero attached hydrogens (tertiary/aromatic N) is 3. The number of likely N-dealkylation sites (N-methyl/N-ethyl adjacent to an activating group) is 1. The van der Waals surface area contributed by atoms with E-state index >= 15 is 0 Å². The first-order chi connectivity index (χ1) is 14.2. The largest absolute Gasteiger partial charge is 0.467 e. The molecule has 1 aliphatic rings. The summed E-state index contributed by atoms with van der Waals surface area (Å²) in [6.07, 6.45) is -3.38. The van der Waals surface area contributed by atoms with Crippen LogP contribution < -0.4 is 10.1 Å². The van der Waals surface area contributed by atoms with Crippen LogP contribution in [0.15, 0.2) is 36.5 Å². The molecule has 0 saturated carbocycles. The molecule has 0 bridgehead atoms. The Morgan fingerprint density at radius 2 is 1.97 bits per heavy atom. The third-order valence-corrected chi connectivity index (χ3v) is 4.90. The topological polar surface area (TPSA) is 57.7 Å². The molecule has 0 unspecified atom stereocenters. The summed E-state index contributed by atoms with van der Waals surface area (Å²) >= 11 is 5.91. The lowest BCUT2D eigenvalue weighted by Gasteiger charge is -2.32. The maximum Gasteiger partial charge on any atom is 0.422 e. The maximum atomic E-state index is 12.5. The fourth-order valence-electron chi connectivity index (χ4n) is 3.02. The van der Waals surface area contributed by atoms with Crippen LogP contribution in [0.1, 0.15) is 15.9 Å². The van der Waals surface area contributed by atoms with Gasteiger partial charge < -0.3 is 15.0 Å². The molecule has 0 spiro atoms. The van der Waals surface area contributed by atoms with Crippen LogP contribution in [-0.4, -0.2) is 66.7 Å². The van der Waals surface area contributed by atoms with Gasteiger partial charge >= 0.3 is 6.18 Å². The van der Waals surface area contributed by atoms with Gasteiger partial charge in [0.15, 0.2) is 6.61 Å². The molecule has 1 N–H and O–H groups in total. The number of hydrogen-bond acceptors (Lipinski definition) is 5. The van der Waals surface area contributed by atoms with Crippen LogP contribution in [0.3, 0.4) is 0 Å². The SMILES string of the molecule is CN1CCN(Cc2cccc(NC(=O)c3cnc(OCC(F)(F)F)c(Cl)c3)c2)CC1. The number of carbonyl (C=O) groups excluding carboxylic acids is 1. The number of carbonyl (C=O) groups is 1. The van der Waals surface area contributed by atoms with Crippen molar-refractivity contribution < 1.29 is 22.7 Å². The van der Waals surface area contributed by atoms with Crippen molar-refractivity contribution in [1.82, 2.24) is 14.8 Å². The second kappa shape index (κ2) is 9.63. The molecule has 2 heterocycles. The molecule has 1 aromatic carbocycles. The van der Waals surface area contributed by atoms with E-state index in [1.54, 1.807) is 6.07 Å². The van der Waals surface area contributed by atoms with Crippen LogP contribution >= 0.6 is 11.6 Å². The fourth-order valence-corrected chi connectivity index (χ4v) is 3.24. The van der Waals surface area contributed by atoms with E-state index in [4.69, 9.17) is 11.6 Å². The van der Waals surface area contributed by atoms with Gasteiger partial charge in [0.2, 0.25) is 5.88 Å². The highest BCUT2D eigenvalue weighted by atomic mass is 35.5. The van der Waals surface area contributed by atoms with Gasteiger partial charge in [0.05, 0.1) is 5.56 Å². The highest BCUT2D eigenvalue weighted by Crippen LogP contribution is 2.25. The van der Waals surface area contributed by atoms with E-state index < -0.39 is 18.7 Å². The molecular weight excluding hydrogens is 421 g/mol. The standard InChI is InChI=1S/C20H22ClF3N4O2/c1-27-5-7-28(8-6-27)12-14-3-2-4-16(9-14)26-18(29)15-10-17(21)19(25-11-15)30-13-20(22,23)24/h2-4,9-11H,5-8,12-13H2,1H3,(H,26,29). The van der Waals surface area contributed by atoms with E-state index in [9.17, 15) is 18.0 Å². The van der Waals surface area contributed by atoms with E-state index in [2.05, 4.69) is 31.9 Å². The summed E-state index contributed by atoms with van der Waals surface area (Å²) in [5.74, 6) is -0.844. The third kappa shape index (κ3) is 6.58. The molecule has 30 heavy (non-hydrogen) atoms. The summed E-state index contributed by atoms with van der Waals surface area (Å²) in [4.78, 5) is 20.8. The van der Waals surface area contributed by atoms with Crippen LogP contribution in [-0.2, 0) is 6.54 Å². The Kier molecular flexibility index (Phi) is 7.17. The zero-order valence-corrected chi connectivity index (χ0v) is 17.1. The number of anilines is 1. The summed E-state index contributed by atoms with van der Waals surface area (Å²) in [6.45, 7) is 3.29. The van der Waals surface area contributed by atoms with Gasteiger partial charge in [0.25, 0.3) is 5.91 Å². The smallest absolute Gasteiger partial charge is 0.422 e. The number of rotatable bonds is 6. The Labute approximate surface area is 177 Å². The van der Waals surface area contributed by atoms with Crippen molar-refractivity contribution in [3.8, 4) is 5.88 Å². The average Bonchev–Trinajstić information content (AvgIpc) is 2.68. The van der Waals surface area contributed by atoms with Crippen molar-refractivity contribution in [2.75, 3.05) is 45.2 Å². The Morgan fingerprint density at radius 1 is 1.23 bits per heavy atom. The minimum Gasteiger partial charge on any atom is -0.467 e. The molecule has 0 radical (unpaired) electrons. The van der Waals surface area contributed by atoms with Gasteiger partial charge in [-0.3, -0.25) is 9.69 Å². The van der Waals surface area contributed by atoms with Crippen LogP contribution in [0, 0.1) is 0 Å². The van der Waals surface area contributed by atoms with Crippen LogP contribution in [0.5, 0.6) is 5.88 Å². The third-order valence-electron chi connectivity index (χ3n) is 4.63. The van der Waals surface area contributed by atoms with Crippen molar-refractivity contribution >= 4 is 23.2 Å². The summed E-state index contributed by atoms with van der Waals surface area (Å²) in [6, 6.07) is 8.75. The normalized spacial score (nSPS) is 15.8. The van der Waals surface area contributed by atoms with E-state index in [1.165, 1.54) is 6.07 Å². The molecule has 10 heteroatoms. The number of pyridine rings is 1.